The average molecular weight is 291 g/mol. The van der Waals surface area contributed by atoms with Crippen LogP contribution in [0.5, 0.6) is 0 Å². The van der Waals surface area contributed by atoms with E-state index in [0.717, 1.165) is 23.4 Å². The Morgan fingerprint density at radius 2 is 2.21 bits per heavy atom. The standard InChI is InChI=1S/C15H15ClN2S/c1-10-5-6-14-13(8-10)17-15(11(2)16)18(14)9-12-4-3-7-19-12/h3-8,11H,9H2,1-2H3. The van der Waals surface area contributed by atoms with Crippen LogP contribution in [0.2, 0.25) is 0 Å². The lowest BCUT2D eigenvalue weighted by Gasteiger charge is -2.09. The number of aromatic nitrogens is 2. The summed E-state index contributed by atoms with van der Waals surface area (Å²) in [6.07, 6.45) is 0. The molecule has 0 bridgehead atoms. The van der Waals surface area contributed by atoms with Crippen LogP contribution in [0.1, 0.15) is 28.6 Å². The van der Waals surface area contributed by atoms with Crippen LogP contribution in [-0.2, 0) is 6.54 Å². The van der Waals surface area contributed by atoms with Gasteiger partial charge in [-0.15, -0.1) is 22.9 Å². The molecule has 1 atom stereocenters. The number of thiophene rings is 1. The molecular formula is C15H15ClN2S. The Balaban J connectivity index is 2.16. The second-order valence-corrected chi connectivity index (χ2v) is 6.43. The van der Waals surface area contributed by atoms with Crippen LogP contribution in [0.3, 0.4) is 0 Å². The van der Waals surface area contributed by atoms with Gasteiger partial charge in [-0.1, -0.05) is 12.1 Å². The fourth-order valence-corrected chi connectivity index (χ4v) is 3.15. The average Bonchev–Trinajstić information content (AvgIpc) is 2.97. The minimum absolute atomic E-state index is 0.0901. The summed E-state index contributed by atoms with van der Waals surface area (Å²) in [5.74, 6) is 0.940. The first kappa shape index (κ1) is 12.7. The Kier molecular flexibility index (Phi) is 3.33. The maximum absolute atomic E-state index is 6.28. The molecule has 0 saturated carbocycles. The predicted molar refractivity (Wildman–Crippen MR) is 82.2 cm³/mol. The summed E-state index contributed by atoms with van der Waals surface area (Å²) in [4.78, 5) is 6.01. The molecule has 0 spiro atoms. The molecular weight excluding hydrogens is 276 g/mol. The van der Waals surface area contributed by atoms with Crippen molar-refractivity contribution in [3.8, 4) is 0 Å². The summed E-state index contributed by atoms with van der Waals surface area (Å²) in [7, 11) is 0. The molecule has 0 radical (unpaired) electrons. The van der Waals surface area contributed by atoms with Gasteiger partial charge in [0.1, 0.15) is 5.82 Å². The van der Waals surface area contributed by atoms with E-state index in [9.17, 15) is 0 Å². The molecule has 0 aliphatic heterocycles. The molecule has 0 N–H and O–H groups in total. The van der Waals surface area contributed by atoms with Crippen molar-refractivity contribution < 1.29 is 0 Å². The molecule has 0 saturated heterocycles. The number of fused-ring (bicyclic) bond motifs is 1. The molecule has 1 unspecified atom stereocenters. The molecule has 2 heterocycles. The van der Waals surface area contributed by atoms with Gasteiger partial charge in [-0.2, -0.15) is 0 Å². The van der Waals surface area contributed by atoms with E-state index >= 15 is 0 Å². The number of aryl methyl sites for hydroxylation is 1. The molecule has 0 aliphatic rings. The SMILES string of the molecule is Cc1ccc2c(c1)nc(C(C)Cl)n2Cc1cccs1. The highest BCUT2D eigenvalue weighted by Gasteiger charge is 2.15. The van der Waals surface area contributed by atoms with Gasteiger partial charge >= 0.3 is 0 Å². The number of alkyl halides is 1. The second-order valence-electron chi connectivity index (χ2n) is 4.74. The summed E-state index contributed by atoms with van der Waals surface area (Å²) in [5.41, 5.74) is 3.41. The molecule has 3 aromatic rings. The fourth-order valence-electron chi connectivity index (χ4n) is 2.29. The minimum Gasteiger partial charge on any atom is -0.321 e. The zero-order valence-corrected chi connectivity index (χ0v) is 12.5. The van der Waals surface area contributed by atoms with Crippen molar-refractivity contribution in [3.05, 3.63) is 52.0 Å². The van der Waals surface area contributed by atoms with Gasteiger partial charge in [-0.25, -0.2) is 4.98 Å². The van der Waals surface area contributed by atoms with Gasteiger partial charge in [0, 0.05) is 4.88 Å². The van der Waals surface area contributed by atoms with Crippen molar-refractivity contribution in [1.29, 1.82) is 0 Å². The third-order valence-corrected chi connectivity index (χ3v) is 4.24. The summed E-state index contributed by atoms with van der Waals surface area (Å²) in [6.45, 7) is 4.89. The highest BCUT2D eigenvalue weighted by atomic mass is 35.5. The first-order chi connectivity index (χ1) is 9.15. The van der Waals surface area contributed by atoms with Crippen LogP contribution < -0.4 is 0 Å². The molecule has 0 fully saturated rings. The lowest BCUT2D eigenvalue weighted by Crippen LogP contribution is -2.04. The molecule has 2 aromatic heterocycles. The first-order valence-corrected chi connectivity index (χ1v) is 7.60. The molecule has 0 amide bonds. The van der Waals surface area contributed by atoms with E-state index in [1.165, 1.54) is 10.4 Å². The van der Waals surface area contributed by atoms with Crippen LogP contribution in [0, 0.1) is 6.92 Å². The highest BCUT2D eigenvalue weighted by Crippen LogP contribution is 2.26. The van der Waals surface area contributed by atoms with Gasteiger partial charge in [-0.05, 0) is 43.0 Å². The maximum Gasteiger partial charge on any atom is 0.128 e. The normalized spacial score (nSPS) is 13.0. The van der Waals surface area contributed by atoms with Crippen molar-refractivity contribution in [3.63, 3.8) is 0 Å². The van der Waals surface area contributed by atoms with Crippen molar-refractivity contribution in [2.45, 2.75) is 25.8 Å². The van der Waals surface area contributed by atoms with Gasteiger partial charge in [0.15, 0.2) is 0 Å². The minimum atomic E-state index is -0.0901. The van der Waals surface area contributed by atoms with Crippen molar-refractivity contribution in [1.82, 2.24) is 9.55 Å². The zero-order chi connectivity index (χ0) is 13.4. The van der Waals surface area contributed by atoms with Crippen molar-refractivity contribution >= 4 is 34.0 Å². The second kappa shape index (κ2) is 4.99. The van der Waals surface area contributed by atoms with Crippen molar-refractivity contribution in [2.75, 3.05) is 0 Å². The van der Waals surface area contributed by atoms with Crippen LogP contribution in [0.25, 0.3) is 11.0 Å². The molecule has 3 rings (SSSR count). The first-order valence-electron chi connectivity index (χ1n) is 6.28. The summed E-state index contributed by atoms with van der Waals surface area (Å²) in [6, 6.07) is 10.6. The Bertz CT molecular complexity index is 698. The molecule has 2 nitrogen and oxygen atoms in total. The number of nitrogens with zero attached hydrogens (tertiary/aromatic N) is 2. The monoisotopic (exact) mass is 290 g/mol. The van der Waals surface area contributed by atoms with Crippen LogP contribution in [0.15, 0.2) is 35.7 Å². The molecule has 1 aromatic carbocycles. The molecule has 19 heavy (non-hydrogen) atoms. The number of benzene rings is 1. The summed E-state index contributed by atoms with van der Waals surface area (Å²) in [5, 5.41) is 2.01. The van der Waals surface area contributed by atoms with E-state index in [-0.39, 0.29) is 5.38 Å². The molecule has 4 heteroatoms. The van der Waals surface area contributed by atoms with Crippen LogP contribution >= 0.6 is 22.9 Å². The lowest BCUT2D eigenvalue weighted by atomic mass is 10.2. The smallest absolute Gasteiger partial charge is 0.128 e. The number of imidazole rings is 1. The van der Waals surface area contributed by atoms with Gasteiger partial charge in [0.05, 0.1) is 23.0 Å². The fraction of sp³-hybridized carbons (Fsp3) is 0.267. The Hall–Kier alpha value is -1.32. The largest absolute Gasteiger partial charge is 0.321 e. The summed E-state index contributed by atoms with van der Waals surface area (Å²) < 4.78 is 2.22. The third kappa shape index (κ3) is 2.40. The number of rotatable bonds is 3. The van der Waals surface area contributed by atoms with Gasteiger partial charge in [-0.3, -0.25) is 0 Å². The Morgan fingerprint density at radius 3 is 2.89 bits per heavy atom. The van der Waals surface area contributed by atoms with E-state index in [2.05, 4.69) is 52.2 Å². The molecule has 0 aliphatic carbocycles. The summed E-state index contributed by atoms with van der Waals surface area (Å²) >= 11 is 8.04. The Labute approximate surface area is 121 Å². The van der Waals surface area contributed by atoms with E-state index in [0.29, 0.717) is 0 Å². The van der Waals surface area contributed by atoms with Gasteiger partial charge < -0.3 is 4.57 Å². The zero-order valence-electron chi connectivity index (χ0n) is 10.9. The van der Waals surface area contributed by atoms with Crippen LogP contribution in [-0.4, -0.2) is 9.55 Å². The third-order valence-electron chi connectivity index (χ3n) is 3.18. The molecule has 98 valence electrons. The van der Waals surface area contributed by atoms with Gasteiger partial charge in [0.25, 0.3) is 0 Å². The van der Waals surface area contributed by atoms with Crippen molar-refractivity contribution in [2.24, 2.45) is 0 Å². The lowest BCUT2D eigenvalue weighted by molar-refractivity contribution is 0.750. The van der Waals surface area contributed by atoms with Crippen LogP contribution in [0.4, 0.5) is 0 Å². The maximum atomic E-state index is 6.28. The number of halogens is 1. The Morgan fingerprint density at radius 1 is 1.37 bits per heavy atom. The topological polar surface area (TPSA) is 17.8 Å². The van der Waals surface area contributed by atoms with E-state index in [4.69, 9.17) is 11.6 Å². The van der Waals surface area contributed by atoms with E-state index < -0.39 is 0 Å². The number of hydrogen-bond acceptors (Lipinski definition) is 2. The van der Waals surface area contributed by atoms with E-state index in [1.807, 2.05) is 6.92 Å². The van der Waals surface area contributed by atoms with E-state index in [1.54, 1.807) is 11.3 Å². The predicted octanol–water partition coefficient (Wildman–Crippen LogP) is 4.75. The number of hydrogen-bond donors (Lipinski definition) is 0. The highest BCUT2D eigenvalue weighted by molar-refractivity contribution is 7.09. The quantitative estimate of drug-likeness (QED) is 0.636. The van der Waals surface area contributed by atoms with Gasteiger partial charge in [0.2, 0.25) is 0 Å².